The van der Waals surface area contributed by atoms with Crippen LogP contribution in [0.15, 0.2) is 66.3 Å². The van der Waals surface area contributed by atoms with Gasteiger partial charge in [0.05, 0.1) is 0 Å². The van der Waals surface area contributed by atoms with Gasteiger partial charge in [-0.25, -0.2) is 0 Å². The molecule has 0 saturated heterocycles. The van der Waals surface area contributed by atoms with E-state index in [-0.39, 0.29) is 56.4 Å². The Morgan fingerprint density at radius 1 is 1.04 bits per heavy atom. The van der Waals surface area contributed by atoms with E-state index in [1.54, 1.807) is 0 Å². The predicted octanol–water partition coefficient (Wildman–Crippen LogP) is -0.107. The topological polar surface area (TPSA) is 0 Å². The summed E-state index contributed by atoms with van der Waals surface area (Å²) in [5.41, 5.74) is 8.46. The van der Waals surface area contributed by atoms with E-state index in [4.69, 9.17) is 6.42 Å². The van der Waals surface area contributed by atoms with Crippen molar-refractivity contribution in [3.8, 4) is 23.5 Å². The van der Waals surface area contributed by atoms with Crippen molar-refractivity contribution in [1.29, 1.82) is 0 Å². The summed E-state index contributed by atoms with van der Waals surface area (Å²) >= 11 is 0. The van der Waals surface area contributed by atoms with E-state index in [0.717, 1.165) is 6.42 Å². The number of terminal acetylenes is 1. The maximum Gasteiger partial charge on any atom is 2.00 e. The second-order valence-corrected chi connectivity index (χ2v) is 7.37. The number of fused-ring (bicyclic) bond motifs is 3. The minimum Gasteiger partial charge on any atom is -1.00 e. The quantitative estimate of drug-likeness (QED) is 0.548. The number of allylic oxidation sites excluding steroid dienone is 4. The molecule has 2 aliphatic rings. The van der Waals surface area contributed by atoms with E-state index >= 15 is 0 Å². The smallest absolute Gasteiger partial charge is 1.00 e. The van der Waals surface area contributed by atoms with E-state index in [1.165, 1.54) is 33.4 Å². The van der Waals surface area contributed by atoms with Gasteiger partial charge in [-0.1, -0.05) is 80.1 Å². The van der Waals surface area contributed by atoms with Crippen LogP contribution >= 0.6 is 0 Å². The van der Waals surface area contributed by atoms with Crippen LogP contribution in [0.1, 0.15) is 42.9 Å². The number of halogens is 2. The molecule has 2 aromatic carbocycles. The largest absolute Gasteiger partial charge is 2.00 e. The van der Waals surface area contributed by atoms with Gasteiger partial charge in [-0.15, -0.1) is 12.3 Å². The molecule has 0 aliphatic heterocycles. The molecule has 0 bridgehead atoms. The monoisotopic (exact) mass is 470 g/mol. The molecule has 27 heavy (non-hydrogen) atoms. The van der Waals surface area contributed by atoms with Crippen LogP contribution in [0.2, 0.25) is 0 Å². The van der Waals surface area contributed by atoms with Crippen LogP contribution in [0.4, 0.5) is 0 Å². The third-order valence-corrected chi connectivity index (χ3v) is 5.62. The third-order valence-electron chi connectivity index (χ3n) is 5.62. The zero-order valence-corrected chi connectivity index (χ0v) is 19.6. The van der Waals surface area contributed by atoms with E-state index in [9.17, 15) is 0 Å². The zero-order chi connectivity index (χ0) is 16.7. The average Bonchev–Trinajstić information content (AvgIpc) is 3.21. The Hall–Kier alpha value is -1.06. The first-order valence-corrected chi connectivity index (χ1v) is 8.64. The summed E-state index contributed by atoms with van der Waals surface area (Å²) < 4.78 is 0. The van der Waals surface area contributed by atoms with E-state index in [0.29, 0.717) is 12.3 Å². The van der Waals surface area contributed by atoms with Gasteiger partial charge in [0.1, 0.15) is 0 Å². The molecule has 0 nitrogen and oxygen atoms in total. The van der Waals surface area contributed by atoms with Crippen LogP contribution in [0, 0.1) is 17.8 Å². The van der Waals surface area contributed by atoms with Crippen LogP contribution in [-0.4, -0.2) is 0 Å². The first-order chi connectivity index (χ1) is 11.6. The van der Waals surface area contributed by atoms with Crippen molar-refractivity contribution >= 4 is 0 Å². The number of rotatable bonds is 3. The van der Waals surface area contributed by atoms with Gasteiger partial charge in [-0.05, 0) is 39.7 Å². The molecule has 4 rings (SSSR count). The normalized spacial score (nSPS) is 16.0. The van der Waals surface area contributed by atoms with Crippen molar-refractivity contribution in [1.82, 2.24) is 0 Å². The van der Waals surface area contributed by atoms with Gasteiger partial charge in [0.15, 0.2) is 0 Å². The standard InChI is InChI=1S/C24H22.2ClH.Zr/c1-4-9-17-14-15-20-19-12-7-8-13-21(19)23(22(20)16-17)24(2,3)18-10-5-6-11-18;;;/h1,5-8,10,12-16,23H,9,11H2,2-3H3;2*1H;/q;;;+2/p-2. The molecule has 0 aromatic heterocycles. The SMILES string of the molecule is C#CCc1ccc2c(c1)C(C(C)(C)C1=CC=CC1)c1ccccc1-2.[Cl-].[Cl-].[Zr+2]. The Labute approximate surface area is 194 Å². The van der Waals surface area contributed by atoms with E-state index in [2.05, 4.69) is 80.5 Å². The molecule has 2 aliphatic carbocycles. The predicted molar refractivity (Wildman–Crippen MR) is 102 cm³/mol. The van der Waals surface area contributed by atoms with Crippen molar-refractivity contribution in [3.05, 3.63) is 83.0 Å². The van der Waals surface area contributed by atoms with Crippen molar-refractivity contribution in [3.63, 3.8) is 0 Å². The Kier molecular flexibility index (Phi) is 8.37. The van der Waals surface area contributed by atoms with E-state index in [1.807, 2.05) is 0 Å². The molecule has 0 N–H and O–H groups in total. The molecule has 2 aromatic rings. The molecule has 0 saturated carbocycles. The molecule has 0 spiro atoms. The van der Waals surface area contributed by atoms with Crippen LogP contribution in [0.5, 0.6) is 0 Å². The van der Waals surface area contributed by atoms with Gasteiger partial charge in [0.25, 0.3) is 0 Å². The molecule has 0 fully saturated rings. The summed E-state index contributed by atoms with van der Waals surface area (Å²) in [5, 5.41) is 0. The maximum absolute atomic E-state index is 5.54. The molecule has 0 radical (unpaired) electrons. The van der Waals surface area contributed by atoms with Gasteiger partial charge in [-0.3, -0.25) is 0 Å². The third kappa shape index (κ3) is 4.05. The molecule has 136 valence electrons. The van der Waals surface area contributed by atoms with Crippen LogP contribution < -0.4 is 24.8 Å². The van der Waals surface area contributed by atoms with Crippen molar-refractivity contribution < 1.29 is 51.0 Å². The van der Waals surface area contributed by atoms with Gasteiger partial charge >= 0.3 is 26.2 Å². The van der Waals surface area contributed by atoms with Crippen molar-refractivity contribution in [2.75, 3.05) is 0 Å². The minimum atomic E-state index is 0. The second kappa shape index (κ2) is 9.43. The Balaban J connectivity index is 0.00000121. The summed E-state index contributed by atoms with van der Waals surface area (Å²) in [6.45, 7) is 4.77. The Bertz CT molecular complexity index is 916. The average molecular weight is 473 g/mol. The second-order valence-electron chi connectivity index (χ2n) is 7.37. The molecule has 3 heteroatoms. The Morgan fingerprint density at radius 2 is 1.74 bits per heavy atom. The summed E-state index contributed by atoms with van der Waals surface area (Å²) in [4.78, 5) is 0. The molecular weight excluding hydrogens is 450 g/mol. The molecule has 1 atom stereocenters. The molecule has 0 amide bonds. The van der Waals surface area contributed by atoms with Crippen molar-refractivity contribution in [2.24, 2.45) is 5.41 Å². The maximum atomic E-state index is 5.54. The Morgan fingerprint density at radius 3 is 2.41 bits per heavy atom. The summed E-state index contributed by atoms with van der Waals surface area (Å²) in [6.07, 6.45) is 14.0. The summed E-state index contributed by atoms with van der Waals surface area (Å²) in [7, 11) is 0. The fraction of sp³-hybridized carbons (Fsp3) is 0.250. The minimum absolute atomic E-state index is 0. The number of hydrogen-bond acceptors (Lipinski definition) is 0. The number of hydrogen-bond donors (Lipinski definition) is 0. The molecule has 0 heterocycles. The fourth-order valence-corrected chi connectivity index (χ4v) is 4.37. The first kappa shape index (κ1) is 24.0. The van der Waals surface area contributed by atoms with Crippen LogP contribution in [0.3, 0.4) is 0 Å². The fourth-order valence-electron chi connectivity index (χ4n) is 4.37. The first-order valence-electron chi connectivity index (χ1n) is 8.64. The number of benzene rings is 2. The van der Waals surface area contributed by atoms with Crippen LogP contribution in [-0.2, 0) is 32.6 Å². The van der Waals surface area contributed by atoms with Gasteiger partial charge in [-0.2, -0.15) is 0 Å². The van der Waals surface area contributed by atoms with Crippen LogP contribution in [0.25, 0.3) is 11.1 Å². The molecule has 1 unspecified atom stereocenters. The van der Waals surface area contributed by atoms with Gasteiger partial charge < -0.3 is 24.8 Å². The summed E-state index contributed by atoms with van der Waals surface area (Å²) in [5.74, 6) is 3.17. The van der Waals surface area contributed by atoms with E-state index < -0.39 is 0 Å². The summed E-state index contributed by atoms with van der Waals surface area (Å²) in [6, 6.07) is 15.6. The molecular formula is C24H22Cl2Zr. The van der Waals surface area contributed by atoms with Gasteiger partial charge in [0.2, 0.25) is 0 Å². The van der Waals surface area contributed by atoms with Crippen molar-refractivity contribution in [2.45, 2.75) is 32.6 Å². The van der Waals surface area contributed by atoms with Gasteiger partial charge in [0, 0.05) is 12.3 Å². The zero-order valence-electron chi connectivity index (χ0n) is 15.6.